The molecule has 0 heterocycles. The average Bonchev–Trinajstić information content (AvgIpc) is 2.03. The molecular formula is C6H15N3O2. The molecule has 0 aromatic rings. The molecule has 0 saturated carbocycles. The maximum absolute atomic E-state index is 8.40. The molecule has 5 N–H and O–H groups in total. The highest BCUT2D eigenvalue weighted by atomic mass is 16.4. The largest absolute Gasteiger partial charge is 0.409 e. The highest BCUT2D eigenvalue weighted by Gasteiger charge is 2.05. The summed E-state index contributed by atoms with van der Waals surface area (Å²) in [5.74, 6) is 0.196. The van der Waals surface area contributed by atoms with Crippen LogP contribution in [0.2, 0.25) is 0 Å². The maximum atomic E-state index is 8.40. The molecule has 5 nitrogen and oxygen atoms in total. The zero-order valence-electron chi connectivity index (χ0n) is 6.62. The number of oxime groups is 1. The van der Waals surface area contributed by atoms with Crippen LogP contribution >= 0.6 is 0 Å². The van der Waals surface area contributed by atoms with Crippen LogP contribution in [0.3, 0.4) is 0 Å². The van der Waals surface area contributed by atoms with Crippen molar-refractivity contribution in [3.8, 4) is 0 Å². The van der Waals surface area contributed by atoms with Crippen molar-refractivity contribution in [3.63, 3.8) is 0 Å². The lowest BCUT2D eigenvalue weighted by Gasteiger charge is -2.09. The average molecular weight is 161 g/mol. The number of aliphatic hydroxyl groups is 1. The lowest BCUT2D eigenvalue weighted by Crippen LogP contribution is -2.32. The van der Waals surface area contributed by atoms with E-state index in [1.807, 2.05) is 6.92 Å². The molecule has 0 radical (unpaired) electrons. The summed E-state index contributed by atoms with van der Waals surface area (Å²) in [7, 11) is 0. The Kier molecular flexibility index (Phi) is 5.50. The third-order valence-electron chi connectivity index (χ3n) is 1.36. The van der Waals surface area contributed by atoms with Gasteiger partial charge in [-0.1, -0.05) is 12.1 Å². The Morgan fingerprint density at radius 1 is 1.73 bits per heavy atom. The summed E-state index contributed by atoms with van der Waals surface area (Å²) in [6.45, 7) is 3.07. The minimum absolute atomic E-state index is 0.00782. The summed E-state index contributed by atoms with van der Waals surface area (Å²) in [6, 6.07) is 0. The van der Waals surface area contributed by atoms with Gasteiger partial charge in [-0.2, -0.15) is 0 Å². The summed E-state index contributed by atoms with van der Waals surface area (Å²) >= 11 is 0. The minimum atomic E-state index is -0.00782. The van der Waals surface area contributed by atoms with Crippen LogP contribution in [0.15, 0.2) is 5.16 Å². The minimum Gasteiger partial charge on any atom is -0.409 e. The first kappa shape index (κ1) is 10.2. The van der Waals surface area contributed by atoms with E-state index in [9.17, 15) is 0 Å². The van der Waals surface area contributed by atoms with Gasteiger partial charge in [0.25, 0.3) is 0 Å². The summed E-state index contributed by atoms with van der Waals surface area (Å²) in [4.78, 5) is 0. The second-order valence-corrected chi connectivity index (χ2v) is 2.35. The number of nitrogens with zero attached hydrogens (tertiary/aromatic N) is 1. The van der Waals surface area contributed by atoms with Crippen molar-refractivity contribution < 1.29 is 10.3 Å². The molecule has 1 atom stereocenters. The van der Waals surface area contributed by atoms with Gasteiger partial charge in [0, 0.05) is 19.0 Å². The molecule has 0 aliphatic heterocycles. The normalized spacial score (nSPS) is 14.9. The summed E-state index contributed by atoms with van der Waals surface area (Å²) in [5.41, 5.74) is 5.30. The van der Waals surface area contributed by atoms with Crippen LogP contribution in [0.5, 0.6) is 0 Å². The van der Waals surface area contributed by atoms with Crippen LogP contribution in [0.4, 0.5) is 0 Å². The van der Waals surface area contributed by atoms with Crippen LogP contribution in [-0.4, -0.2) is 35.8 Å². The number of amidine groups is 1. The fraction of sp³-hybridized carbons (Fsp3) is 0.833. The van der Waals surface area contributed by atoms with Gasteiger partial charge in [0.05, 0.1) is 6.61 Å². The van der Waals surface area contributed by atoms with E-state index in [1.165, 1.54) is 0 Å². The lowest BCUT2D eigenvalue weighted by molar-refractivity contribution is 0.290. The molecule has 5 heteroatoms. The fourth-order valence-electron chi connectivity index (χ4n) is 0.601. The summed E-state index contributed by atoms with van der Waals surface area (Å²) in [5, 5.41) is 22.4. The van der Waals surface area contributed by atoms with Crippen molar-refractivity contribution in [2.24, 2.45) is 16.8 Å². The first-order valence-electron chi connectivity index (χ1n) is 3.51. The predicted molar refractivity (Wildman–Crippen MR) is 42.5 cm³/mol. The molecule has 0 amide bonds. The molecule has 0 aliphatic rings. The van der Waals surface area contributed by atoms with Crippen molar-refractivity contribution in [1.29, 1.82) is 0 Å². The van der Waals surface area contributed by atoms with Crippen LogP contribution in [0, 0.1) is 5.92 Å². The van der Waals surface area contributed by atoms with Gasteiger partial charge in [-0.15, -0.1) is 0 Å². The quantitative estimate of drug-likeness (QED) is 0.136. The zero-order chi connectivity index (χ0) is 8.69. The van der Waals surface area contributed by atoms with Crippen molar-refractivity contribution in [1.82, 2.24) is 5.32 Å². The van der Waals surface area contributed by atoms with Gasteiger partial charge < -0.3 is 21.4 Å². The maximum Gasteiger partial charge on any atom is 0.143 e. The monoisotopic (exact) mass is 161 g/mol. The third-order valence-corrected chi connectivity index (χ3v) is 1.36. The number of aliphatic hydroxyl groups excluding tert-OH is 1. The van der Waals surface area contributed by atoms with Crippen molar-refractivity contribution in [3.05, 3.63) is 0 Å². The molecule has 66 valence electrons. The predicted octanol–water partition coefficient (Wildman–Crippen LogP) is -1.05. The van der Waals surface area contributed by atoms with Gasteiger partial charge in [-0.3, -0.25) is 0 Å². The molecule has 0 rings (SSSR count). The van der Waals surface area contributed by atoms with Crippen LogP contribution in [-0.2, 0) is 0 Å². The number of nitrogens with one attached hydrogen (secondary N) is 1. The molecule has 0 spiro atoms. The number of hydrogen-bond acceptors (Lipinski definition) is 4. The highest BCUT2D eigenvalue weighted by Crippen LogP contribution is 1.90. The first-order valence-corrected chi connectivity index (χ1v) is 3.51. The number of nitrogens with two attached hydrogens (primary N) is 1. The lowest BCUT2D eigenvalue weighted by atomic mass is 10.1. The molecule has 0 aromatic heterocycles. The summed E-state index contributed by atoms with van der Waals surface area (Å²) in [6.07, 6.45) is 0. The van der Waals surface area contributed by atoms with E-state index in [-0.39, 0.29) is 18.4 Å². The molecular weight excluding hydrogens is 146 g/mol. The van der Waals surface area contributed by atoms with Crippen LogP contribution < -0.4 is 11.1 Å². The molecule has 0 aliphatic carbocycles. The van der Waals surface area contributed by atoms with Crippen molar-refractivity contribution in [2.45, 2.75) is 6.92 Å². The van der Waals surface area contributed by atoms with Gasteiger partial charge in [0.15, 0.2) is 0 Å². The summed E-state index contributed by atoms with van der Waals surface area (Å²) < 4.78 is 0. The van der Waals surface area contributed by atoms with Crippen molar-refractivity contribution in [2.75, 3.05) is 19.7 Å². The Hall–Kier alpha value is -0.810. The zero-order valence-corrected chi connectivity index (χ0v) is 6.62. The second-order valence-electron chi connectivity index (χ2n) is 2.35. The molecule has 0 fully saturated rings. The topological polar surface area (TPSA) is 90.9 Å². The van der Waals surface area contributed by atoms with E-state index in [4.69, 9.17) is 16.0 Å². The molecule has 0 saturated heterocycles. The molecule has 0 bridgehead atoms. The van der Waals surface area contributed by atoms with Gasteiger partial charge >= 0.3 is 0 Å². The third kappa shape index (κ3) is 4.58. The first-order chi connectivity index (χ1) is 5.22. The fourth-order valence-corrected chi connectivity index (χ4v) is 0.601. The Bertz CT molecular complexity index is 127. The van der Waals surface area contributed by atoms with Crippen LogP contribution in [0.1, 0.15) is 6.92 Å². The smallest absolute Gasteiger partial charge is 0.143 e. The Morgan fingerprint density at radius 2 is 2.36 bits per heavy atom. The standard InChI is InChI=1S/C6H15N3O2/c1-5(6(7)9-11)4-8-2-3-10/h5,8,10-11H,2-4H2,1H3,(H2,7,9). The van der Waals surface area contributed by atoms with E-state index in [2.05, 4.69) is 10.5 Å². The molecule has 1 unspecified atom stereocenters. The molecule has 0 aromatic carbocycles. The molecule has 11 heavy (non-hydrogen) atoms. The second kappa shape index (κ2) is 5.94. The highest BCUT2D eigenvalue weighted by molar-refractivity contribution is 5.82. The van der Waals surface area contributed by atoms with Crippen LogP contribution in [0.25, 0.3) is 0 Å². The van der Waals surface area contributed by atoms with Gasteiger partial charge in [-0.05, 0) is 0 Å². The Morgan fingerprint density at radius 3 is 2.82 bits per heavy atom. The van der Waals surface area contributed by atoms with Gasteiger partial charge in [0.2, 0.25) is 0 Å². The van der Waals surface area contributed by atoms with E-state index in [0.29, 0.717) is 13.1 Å². The SMILES string of the molecule is CC(CNCCO)C(N)=NO. The Labute approximate surface area is 65.9 Å². The van der Waals surface area contributed by atoms with Gasteiger partial charge in [0.1, 0.15) is 5.84 Å². The van der Waals surface area contributed by atoms with Crippen molar-refractivity contribution >= 4 is 5.84 Å². The number of hydrogen-bond donors (Lipinski definition) is 4. The van der Waals surface area contributed by atoms with E-state index < -0.39 is 0 Å². The number of rotatable bonds is 5. The van der Waals surface area contributed by atoms with E-state index in [0.717, 1.165) is 0 Å². The van der Waals surface area contributed by atoms with E-state index in [1.54, 1.807) is 0 Å². The Balaban J connectivity index is 3.44. The van der Waals surface area contributed by atoms with Gasteiger partial charge in [-0.25, -0.2) is 0 Å². The van der Waals surface area contributed by atoms with E-state index >= 15 is 0 Å².